The highest BCUT2D eigenvalue weighted by Crippen LogP contribution is 2.37. The van der Waals surface area contributed by atoms with Gasteiger partial charge < -0.3 is 14.5 Å². The normalized spacial score (nSPS) is 22.0. The van der Waals surface area contributed by atoms with Crippen molar-refractivity contribution in [2.75, 3.05) is 6.54 Å². The van der Waals surface area contributed by atoms with Gasteiger partial charge in [-0.1, -0.05) is 28.4 Å². The lowest BCUT2D eigenvalue weighted by Gasteiger charge is -2.21. The number of amides is 1. The van der Waals surface area contributed by atoms with Crippen LogP contribution in [-0.4, -0.2) is 38.7 Å². The molecule has 1 fully saturated rings. The van der Waals surface area contributed by atoms with E-state index in [-0.39, 0.29) is 12.5 Å². The molecule has 2 aromatic rings. The number of hydrogen-bond acceptors (Lipinski definition) is 6. The van der Waals surface area contributed by atoms with Crippen molar-refractivity contribution in [2.24, 2.45) is 0 Å². The van der Waals surface area contributed by atoms with Crippen molar-refractivity contribution in [3.63, 3.8) is 0 Å². The number of β-amino-alcohol motifs (C(OH)–C–C–N with tert-alkyl or cyclic N) is 1. The number of nitrogens with zero attached hydrogens (tertiary/aromatic N) is 3. The Kier molecular flexibility index (Phi) is 3.92. The number of aliphatic hydroxyl groups is 1. The van der Waals surface area contributed by atoms with E-state index in [1.165, 1.54) is 11.0 Å². The van der Waals surface area contributed by atoms with Crippen molar-refractivity contribution in [2.45, 2.75) is 25.5 Å². The van der Waals surface area contributed by atoms with Crippen molar-refractivity contribution in [3.05, 3.63) is 32.0 Å². The third kappa shape index (κ3) is 2.78. The lowest BCUT2D eigenvalue weighted by atomic mass is 10.2. The maximum atomic E-state index is 12.6. The van der Waals surface area contributed by atoms with E-state index in [0.717, 1.165) is 11.3 Å². The zero-order valence-corrected chi connectivity index (χ0v) is 13.2. The molecule has 1 saturated heterocycles. The smallest absolute Gasteiger partial charge is 0.257 e. The Morgan fingerprint density at radius 1 is 1.57 bits per heavy atom. The first-order valence-electron chi connectivity index (χ1n) is 6.19. The fourth-order valence-corrected chi connectivity index (χ4v) is 3.81. The number of likely N-dealkylation sites (tertiary alicyclic amines) is 1. The summed E-state index contributed by atoms with van der Waals surface area (Å²) in [6, 6.07) is 1.07. The summed E-state index contributed by atoms with van der Waals surface area (Å²) < 4.78 is 5.89. The van der Waals surface area contributed by atoms with Crippen molar-refractivity contribution < 1.29 is 14.4 Å². The van der Waals surface area contributed by atoms with Crippen molar-refractivity contribution in [3.8, 4) is 0 Å². The van der Waals surface area contributed by atoms with Gasteiger partial charge >= 0.3 is 0 Å². The monoisotopic (exact) mass is 347 g/mol. The van der Waals surface area contributed by atoms with E-state index in [1.54, 1.807) is 6.92 Å². The van der Waals surface area contributed by atoms with Gasteiger partial charge in [0, 0.05) is 13.0 Å². The molecule has 3 rings (SSSR count). The molecule has 2 atom stereocenters. The minimum Gasteiger partial charge on any atom is -0.391 e. The average Bonchev–Trinajstić information content (AvgIpc) is 3.08. The number of aromatic nitrogens is 2. The van der Waals surface area contributed by atoms with Crippen LogP contribution in [0.2, 0.25) is 8.67 Å². The van der Waals surface area contributed by atoms with Crippen LogP contribution in [0.5, 0.6) is 0 Å². The first kappa shape index (κ1) is 14.8. The minimum absolute atomic E-state index is 0.189. The Hall–Kier alpha value is -1.15. The van der Waals surface area contributed by atoms with Crippen LogP contribution in [0.3, 0.4) is 0 Å². The molecule has 0 aromatic carbocycles. The van der Waals surface area contributed by atoms with Gasteiger partial charge in [-0.3, -0.25) is 4.79 Å². The maximum absolute atomic E-state index is 12.6. The fourth-order valence-electron chi connectivity index (χ4n) is 2.36. The molecule has 9 heteroatoms. The van der Waals surface area contributed by atoms with Gasteiger partial charge in [0.1, 0.15) is 10.4 Å². The molecular formula is C12H11Cl2N3O3S. The fraction of sp³-hybridized carbons (Fsp3) is 0.417. The molecule has 2 aromatic heterocycles. The van der Waals surface area contributed by atoms with Gasteiger partial charge in [0.05, 0.1) is 16.0 Å². The van der Waals surface area contributed by atoms with E-state index in [4.69, 9.17) is 27.7 Å². The third-order valence-corrected chi connectivity index (χ3v) is 4.74. The summed E-state index contributed by atoms with van der Waals surface area (Å²) in [7, 11) is 0. The van der Waals surface area contributed by atoms with E-state index in [1.807, 2.05) is 0 Å². The van der Waals surface area contributed by atoms with E-state index < -0.39 is 12.1 Å². The lowest BCUT2D eigenvalue weighted by molar-refractivity contribution is 0.0694. The molecule has 1 N–H and O–H groups in total. The van der Waals surface area contributed by atoms with Crippen molar-refractivity contribution in [1.29, 1.82) is 0 Å². The predicted octanol–water partition coefficient (Wildman–Crippen LogP) is 2.69. The van der Waals surface area contributed by atoms with E-state index in [2.05, 4.69) is 10.1 Å². The molecular weight excluding hydrogens is 337 g/mol. The Morgan fingerprint density at radius 2 is 2.33 bits per heavy atom. The number of carbonyl (C=O) groups is 1. The Bertz CT molecular complexity index is 687. The molecule has 1 aliphatic rings. The second-order valence-electron chi connectivity index (χ2n) is 4.78. The molecule has 0 saturated carbocycles. The average molecular weight is 348 g/mol. The molecule has 0 unspecified atom stereocenters. The van der Waals surface area contributed by atoms with Crippen LogP contribution in [0.1, 0.15) is 34.5 Å². The molecule has 1 aliphatic heterocycles. The zero-order chi connectivity index (χ0) is 15.1. The molecule has 1 amide bonds. The minimum atomic E-state index is -0.640. The summed E-state index contributed by atoms with van der Waals surface area (Å²) in [6.45, 7) is 1.88. The molecule has 0 radical (unpaired) electrons. The predicted molar refractivity (Wildman–Crippen MR) is 77.8 cm³/mol. The van der Waals surface area contributed by atoms with Gasteiger partial charge in [-0.05, 0) is 13.0 Å². The van der Waals surface area contributed by atoms with E-state index in [0.29, 0.717) is 32.4 Å². The van der Waals surface area contributed by atoms with Crippen LogP contribution in [0.4, 0.5) is 0 Å². The maximum Gasteiger partial charge on any atom is 0.257 e. The summed E-state index contributed by atoms with van der Waals surface area (Å²) in [5, 5.41) is 13.6. The van der Waals surface area contributed by atoms with E-state index >= 15 is 0 Å². The Morgan fingerprint density at radius 3 is 2.90 bits per heavy atom. The van der Waals surface area contributed by atoms with Crippen molar-refractivity contribution in [1.82, 2.24) is 15.0 Å². The standard InChI is InChI=1S/C12H11Cl2N3O3S/c1-5-15-11(20-16-5)8-2-6(18)4-17(8)12(19)7-3-9(13)21-10(7)14/h3,6,8,18H,2,4H2,1H3/t6-,8+/m0/s1. The van der Waals surface area contributed by atoms with Crippen LogP contribution in [-0.2, 0) is 0 Å². The molecule has 3 heterocycles. The summed E-state index contributed by atoms with van der Waals surface area (Å²) in [5.74, 6) is 0.491. The van der Waals surface area contributed by atoms with Crippen LogP contribution in [0.15, 0.2) is 10.6 Å². The first-order chi connectivity index (χ1) is 9.95. The SMILES string of the molecule is Cc1noc([C@H]2C[C@H](O)CN2C(=O)c2cc(Cl)sc2Cl)n1. The highest BCUT2D eigenvalue weighted by molar-refractivity contribution is 7.20. The number of carbonyl (C=O) groups excluding carboxylic acids is 1. The highest BCUT2D eigenvalue weighted by Gasteiger charge is 2.39. The van der Waals surface area contributed by atoms with Crippen LogP contribution in [0.25, 0.3) is 0 Å². The van der Waals surface area contributed by atoms with E-state index in [9.17, 15) is 9.90 Å². The number of thiophene rings is 1. The molecule has 21 heavy (non-hydrogen) atoms. The zero-order valence-electron chi connectivity index (χ0n) is 10.9. The molecule has 0 spiro atoms. The lowest BCUT2D eigenvalue weighted by Crippen LogP contribution is -2.31. The molecule has 0 bridgehead atoms. The summed E-state index contributed by atoms with van der Waals surface area (Å²) in [5.41, 5.74) is 0.321. The second-order valence-corrected chi connectivity index (χ2v) is 7.07. The van der Waals surface area contributed by atoms with Crippen LogP contribution >= 0.6 is 34.5 Å². The Labute approximate surface area is 134 Å². The first-order valence-corrected chi connectivity index (χ1v) is 7.77. The topological polar surface area (TPSA) is 79.5 Å². The van der Waals surface area contributed by atoms with Gasteiger partial charge in [0.2, 0.25) is 5.89 Å². The highest BCUT2D eigenvalue weighted by atomic mass is 35.5. The van der Waals surface area contributed by atoms with Gasteiger partial charge in [0.25, 0.3) is 5.91 Å². The van der Waals surface area contributed by atoms with Gasteiger partial charge in [0.15, 0.2) is 5.82 Å². The van der Waals surface area contributed by atoms with Crippen molar-refractivity contribution >= 4 is 40.4 Å². The number of halogens is 2. The third-order valence-electron chi connectivity index (χ3n) is 3.26. The largest absolute Gasteiger partial charge is 0.391 e. The number of aliphatic hydroxyl groups excluding tert-OH is 1. The molecule has 6 nitrogen and oxygen atoms in total. The van der Waals surface area contributed by atoms with Gasteiger partial charge in [-0.25, -0.2) is 0 Å². The molecule has 112 valence electrons. The second kappa shape index (κ2) is 5.57. The Balaban J connectivity index is 1.92. The van der Waals surface area contributed by atoms with Crippen LogP contribution < -0.4 is 0 Å². The summed E-state index contributed by atoms with van der Waals surface area (Å²) >= 11 is 13.0. The quantitative estimate of drug-likeness (QED) is 0.903. The molecule has 0 aliphatic carbocycles. The summed E-state index contributed by atoms with van der Waals surface area (Å²) in [6.07, 6.45) is -0.290. The van der Waals surface area contributed by atoms with Gasteiger partial charge in [-0.15, -0.1) is 11.3 Å². The van der Waals surface area contributed by atoms with Crippen LogP contribution in [0, 0.1) is 6.92 Å². The summed E-state index contributed by atoms with van der Waals surface area (Å²) in [4.78, 5) is 18.2. The number of aryl methyl sites for hydroxylation is 1. The number of rotatable bonds is 2. The number of hydrogen-bond donors (Lipinski definition) is 1. The van der Waals surface area contributed by atoms with Gasteiger partial charge in [-0.2, -0.15) is 4.98 Å².